The van der Waals surface area contributed by atoms with Gasteiger partial charge in [-0.15, -0.1) is 0 Å². The molecule has 0 fully saturated rings. The Kier molecular flexibility index (Phi) is 4.24. The summed E-state index contributed by atoms with van der Waals surface area (Å²) in [5, 5.41) is 3.34. The van der Waals surface area contributed by atoms with Gasteiger partial charge in [0.25, 0.3) is 0 Å². The lowest BCUT2D eigenvalue weighted by Gasteiger charge is -2.15. The summed E-state index contributed by atoms with van der Waals surface area (Å²) in [6.07, 6.45) is 3.14. The van der Waals surface area contributed by atoms with Crippen molar-refractivity contribution in [1.29, 1.82) is 0 Å². The van der Waals surface area contributed by atoms with Crippen molar-refractivity contribution in [2.24, 2.45) is 0 Å². The Balaban J connectivity index is 2.05. The van der Waals surface area contributed by atoms with Crippen molar-refractivity contribution < 1.29 is 0 Å². The Hall–Kier alpha value is -1.42. The molecule has 0 bridgehead atoms. The molecule has 0 radical (unpaired) electrons. The molecular formula is C17H20BrN3. The van der Waals surface area contributed by atoms with E-state index in [0.29, 0.717) is 5.92 Å². The van der Waals surface area contributed by atoms with Crippen LogP contribution in [0.5, 0.6) is 0 Å². The van der Waals surface area contributed by atoms with Crippen LogP contribution in [0, 0.1) is 0 Å². The summed E-state index contributed by atoms with van der Waals surface area (Å²) in [5.74, 6) is 2.21. The molecule has 3 nitrogen and oxygen atoms in total. The fourth-order valence-electron chi connectivity index (χ4n) is 3.01. The summed E-state index contributed by atoms with van der Waals surface area (Å²) < 4.78 is 1.00. The zero-order valence-corrected chi connectivity index (χ0v) is 14.1. The highest BCUT2D eigenvalue weighted by Gasteiger charge is 2.27. The third-order valence-corrected chi connectivity index (χ3v) is 4.89. The predicted molar refractivity (Wildman–Crippen MR) is 89.9 cm³/mol. The SMILES string of the molecule is CCNc1nc(C2CCc3ccccc32)nc(CC)c1Br. The number of fused-ring (bicyclic) bond motifs is 1. The summed E-state index contributed by atoms with van der Waals surface area (Å²) in [4.78, 5) is 9.60. The maximum Gasteiger partial charge on any atom is 0.144 e. The monoisotopic (exact) mass is 345 g/mol. The van der Waals surface area contributed by atoms with Crippen molar-refractivity contribution in [2.45, 2.75) is 39.0 Å². The van der Waals surface area contributed by atoms with E-state index < -0.39 is 0 Å². The Morgan fingerprint density at radius 3 is 2.81 bits per heavy atom. The highest BCUT2D eigenvalue weighted by molar-refractivity contribution is 9.10. The van der Waals surface area contributed by atoms with Crippen molar-refractivity contribution in [2.75, 3.05) is 11.9 Å². The second-order valence-electron chi connectivity index (χ2n) is 5.37. The first-order valence-electron chi connectivity index (χ1n) is 7.62. The number of halogens is 1. The second kappa shape index (κ2) is 6.14. The first-order chi connectivity index (χ1) is 10.2. The van der Waals surface area contributed by atoms with Crippen LogP contribution in [0.3, 0.4) is 0 Å². The standard InChI is InChI=1S/C17H20BrN3/c1-3-14-15(18)17(19-4-2)21-16(20-14)13-10-9-11-7-5-6-8-12(11)13/h5-8,13H,3-4,9-10H2,1-2H3,(H,19,20,21). The minimum atomic E-state index is 0.331. The zero-order chi connectivity index (χ0) is 14.8. The Morgan fingerprint density at radius 1 is 1.24 bits per heavy atom. The number of aryl methyl sites for hydroxylation is 2. The maximum atomic E-state index is 4.82. The van der Waals surface area contributed by atoms with E-state index in [1.807, 2.05) is 0 Å². The van der Waals surface area contributed by atoms with Gasteiger partial charge in [0.1, 0.15) is 11.6 Å². The van der Waals surface area contributed by atoms with Gasteiger partial charge in [-0.05, 0) is 53.2 Å². The maximum absolute atomic E-state index is 4.82. The minimum Gasteiger partial charge on any atom is -0.369 e. The first-order valence-corrected chi connectivity index (χ1v) is 8.41. The van der Waals surface area contributed by atoms with Gasteiger partial charge < -0.3 is 5.32 Å². The molecule has 1 aliphatic carbocycles. The third kappa shape index (κ3) is 2.69. The van der Waals surface area contributed by atoms with E-state index >= 15 is 0 Å². The molecule has 0 saturated heterocycles. The largest absolute Gasteiger partial charge is 0.369 e. The molecule has 1 aliphatic rings. The van der Waals surface area contributed by atoms with E-state index in [2.05, 4.69) is 59.4 Å². The number of benzene rings is 1. The molecular weight excluding hydrogens is 326 g/mol. The van der Waals surface area contributed by atoms with Crippen LogP contribution in [-0.4, -0.2) is 16.5 Å². The quantitative estimate of drug-likeness (QED) is 0.896. The lowest BCUT2D eigenvalue weighted by Crippen LogP contribution is -2.10. The molecule has 110 valence electrons. The van der Waals surface area contributed by atoms with Crippen LogP contribution in [0.2, 0.25) is 0 Å². The van der Waals surface area contributed by atoms with E-state index in [1.165, 1.54) is 11.1 Å². The van der Waals surface area contributed by atoms with Crippen LogP contribution in [0.4, 0.5) is 5.82 Å². The molecule has 0 spiro atoms. The molecule has 0 saturated carbocycles. The fourth-order valence-corrected chi connectivity index (χ4v) is 3.61. The fraction of sp³-hybridized carbons (Fsp3) is 0.412. The first kappa shape index (κ1) is 14.5. The van der Waals surface area contributed by atoms with E-state index in [1.54, 1.807) is 0 Å². The van der Waals surface area contributed by atoms with E-state index in [4.69, 9.17) is 9.97 Å². The van der Waals surface area contributed by atoms with Crippen LogP contribution in [0.1, 0.15) is 48.8 Å². The van der Waals surface area contributed by atoms with Gasteiger partial charge in [0.05, 0.1) is 10.2 Å². The van der Waals surface area contributed by atoms with Crippen LogP contribution in [0.25, 0.3) is 0 Å². The van der Waals surface area contributed by atoms with Crippen molar-refractivity contribution in [3.63, 3.8) is 0 Å². The summed E-state index contributed by atoms with van der Waals surface area (Å²) in [7, 11) is 0. The summed E-state index contributed by atoms with van der Waals surface area (Å²) in [5.41, 5.74) is 3.92. The minimum absolute atomic E-state index is 0.331. The second-order valence-corrected chi connectivity index (χ2v) is 6.16. The van der Waals surface area contributed by atoms with Gasteiger partial charge in [0.2, 0.25) is 0 Å². The van der Waals surface area contributed by atoms with Gasteiger partial charge in [-0.25, -0.2) is 9.97 Å². The molecule has 2 aromatic rings. The molecule has 21 heavy (non-hydrogen) atoms. The van der Waals surface area contributed by atoms with Gasteiger partial charge in [0.15, 0.2) is 0 Å². The number of anilines is 1. The number of hydrogen-bond acceptors (Lipinski definition) is 3. The molecule has 3 rings (SSSR count). The van der Waals surface area contributed by atoms with Crippen molar-refractivity contribution in [3.8, 4) is 0 Å². The number of nitrogens with zero attached hydrogens (tertiary/aromatic N) is 2. The van der Waals surface area contributed by atoms with E-state index in [0.717, 1.165) is 47.6 Å². The van der Waals surface area contributed by atoms with Crippen molar-refractivity contribution in [1.82, 2.24) is 9.97 Å². The van der Waals surface area contributed by atoms with E-state index in [-0.39, 0.29) is 0 Å². The molecule has 1 heterocycles. The summed E-state index contributed by atoms with van der Waals surface area (Å²) in [6.45, 7) is 5.08. The lowest BCUT2D eigenvalue weighted by molar-refractivity contribution is 0.718. The molecule has 1 atom stereocenters. The van der Waals surface area contributed by atoms with Gasteiger partial charge in [-0.3, -0.25) is 0 Å². The van der Waals surface area contributed by atoms with Crippen LogP contribution in [-0.2, 0) is 12.8 Å². The molecule has 1 N–H and O–H groups in total. The van der Waals surface area contributed by atoms with Crippen LogP contribution >= 0.6 is 15.9 Å². The van der Waals surface area contributed by atoms with Crippen molar-refractivity contribution in [3.05, 3.63) is 51.4 Å². The number of aromatic nitrogens is 2. The third-order valence-electron chi connectivity index (χ3n) is 4.06. The lowest BCUT2D eigenvalue weighted by atomic mass is 10.0. The average molecular weight is 346 g/mol. The van der Waals surface area contributed by atoms with Gasteiger partial charge in [0, 0.05) is 12.5 Å². The highest BCUT2D eigenvalue weighted by atomic mass is 79.9. The molecule has 1 unspecified atom stereocenters. The van der Waals surface area contributed by atoms with Crippen molar-refractivity contribution >= 4 is 21.7 Å². The Morgan fingerprint density at radius 2 is 2.05 bits per heavy atom. The Bertz CT molecular complexity index is 654. The Labute approximate surface area is 134 Å². The smallest absolute Gasteiger partial charge is 0.144 e. The molecule has 1 aromatic carbocycles. The van der Waals surface area contributed by atoms with E-state index in [9.17, 15) is 0 Å². The van der Waals surface area contributed by atoms with Gasteiger partial charge >= 0.3 is 0 Å². The molecule has 1 aromatic heterocycles. The van der Waals surface area contributed by atoms with Crippen LogP contribution < -0.4 is 5.32 Å². The molecule has 4 heteroatoms. The van der Waals surface area contributed by atoms with Gasteiger partial charge in [-0.2, -0.15) is 0 Å². The average Bonchev–Trinajstić information content (AvgIpc) is 2.93. The summed E-state index contributed by atoms with van der Waals surface area (Å²) in [6, 6.07) is 8.67. The van der Waals surface area contributed by atoms with Gasteiger partial charge in [-0.1, -0.05) is 31.2 Å². The molecule has 0 aliphatic heterocycles. The normalized spacial score (nSPS) is 16.8. The number of rotatable bonds is 4. The summed E-state index contributed by atoms with van der Waals surface area (Å²) >= 11 is 3.63. The number of nitrogens with one attached hydrogen (secondary N) is 1. The predicted octanol–water partition coefficient (Wildman–Crippen LogP) is 4.31. The van der Waals surface area contributed by atoms with Crippen LogP contribution in [0.15, 0.2) is 28.7 Å². The topological polar surface area (TPSA) is 37.8 Å². The number of hydrogen-bond donors (Lipinski definition) is 1. The molecule has 0 amide bonds. The zero-order valence-electron chi connectivity index (χ0n) is 12.5. The highest BCUT2D eigenvalue weighted by Crippen LogP contribution is 2.38.